The fraction of sp³-hybridized carbons (Fsp3) is 0.769. The third kappa shape index (κ3) is 2.85. The molecule has 0 amide bonds. The van der Waals surface area contributed by atoms with Gasteiger partial charge in [0.25, 0.3) is 0 Å². The molecule has 0 aliphatic rings. The second kappa shape index (κ2) is 6.04. The SMILES string of the molecule is CCCC(C)C(NCC)c1cnn(C)c1C. The number of nitrogens with one attached hydrogen (secondary N) is 1. The van der Waals surface area contributed by atoms with Gasteiger partial charge in [0.05, 0.1) is 6.20 Å². The Labute approximate surface area is 99.2 Å². The Balaban J connectivity index is 2.88. The Bertz CT molecular complexity index is 317. The highest BCUT2D eigenvalue weighted by atomic mass is 15.3. The standard InChI is InChI=1S/C13H25N3/c1-6-8-10(3)13(14-7-2)12-9-15-16(5)11(12)4/h9-10,13-14H,6-8H2,1-5H3. The van der Waals surface area contributed by atoms with E-state index in [1.54, 1.807) is 0 Å². The van der Waals surface area contributed by atoms with Gasteiger partial charge in [0.2, 0.25) is 0 Å². The highest BCUT2D eigenvalue weighted by molar-refractivity contribution is 5.21. The maximum absolute atomic E-state index is 4.34. The lowest BCUT2D eigenvalue weighted by Crippen LogP contribution is -2.27. The molecule has 1 heterocycles. The van der Waals surface area contributed by atoms with Crippen LogP contribution in [0, 0.1) is 12.8 Å². The summed E-state index contributed by atoms with van der Waals surface area (Å²) in [4.78, 5) is 0. The first kappa shape index (κ1) is 13.2. The van der Waals surface area contributed by atoms with Crippen LogP contribution in [0.3, 0.4) is 0 Å². The maximum Gasteiger partial charge on any atom is 0.0540 e. The topological polar surface area (TPSA) is 29.9 Å². The molecule has 0 fully saturated rings. The lowest BCUT2D eigenvalue weighted by molar-refractivity contribution is 0.368. The molecule has 1 N–H and O–H groups in total. The Morgan fingerprint density at radius 1 is 1.44 bits per heavy atom. The van der Waals surface area contributed by atoms with Crippen molar-refractivity contribution < 1.29 is 0 Å². The molecule has 0 radical (unpaired) electrons. The van der Waals surface area contributed by atoms with E-state index in [1.807, 2.05) is 17.9 Å². The molecule has 16 heavy (non-hydrogen) atoms. The molecule has 0 saturated carbocycles. The van der Waals surface area contributed by atoms with Gasteiger partial charge in [0.1, 0.15) is 0 Å². The van der Waals surface area contributed by atoms with Crippen molar-refractivity contribution in [3.8, 4) is 0 Å². The Morgan fingerprint density at radius 2 is 2.12 bits per heavy atom. The van der Waals surface area contributed by atoms with Crippen LogP contribution in [-0.2, 0) is 7.05 Å². The normalized spacial score (nSPS) is 15.1. The number of rotatable bonds is 6. The van der Waals surface area contributed by atoms with Gasteiger partial charge < -0.3 is 5.32 Å². The van der Waals surface area contributed by atoms with Crippen LogP contribution in [-0.4, -0.2) is 16.3 Å². The van der Waals surface area contributed by atoms with Gasteiger partial charge in [-0.1, -0.05) is 27.2 Å². The van der Waals surface area contributed by atoms with E-state index in [0.717, 1.165) is 6.54 Å². The minimum Gasteiger partial charge on any atom is -0.310 e. The van der Waals surface area contributed by atoms with Crippen LogP contribution in [0.2, 0.25) is 0 Å². The highest BCUT2D eigenvalue weighted by Gasteiger charge is 2.21. The van der Waals surface area contributed by atoms with E-state index in [4.69, 9.17) is 0 Å². The Morgan fingerprint density at radius 3 is 2.56 bits per heavy atom. The van der Waals surface area contributed by atoms with E-state index >= 15 is 0 Å². The van der Waals surface area contributed by atoms with Gasteiger partial charge in [0.15, 0.2) is 0 Å². The molecule has 0 aliphatic carbocycles. The largest absolute Gasteiger partial charge is 0.310 e. The summed E-state index contributed by atoms with van der Waals surface area (Å²) in [7, 11) is 2.01. The summed E-state index contributed by atoms with van der Waals surface area (Å²) in [6, 6.07) is 0.443. The zero-order chi connectivity index (χ0) is 12.1. The second-order valence-corrected chi connectivity index (χ2v) is 4.61. The quantitative estimate of drug-likeness (QED) is 0.803. The minimum atomic E-state index is 0.443. The molecule has 1 aromatic rings. The predicted molar refractivity (Wildman–Crippen MR) is 68.4 cm³/mol. The van der Waals surface area contributed by atoms with Gasteiger partial charge in [0, 0.05) is 24.3 Å². The number of hydrogen-bond donors (Lipinski definition) is 1. The summed E-state index contributed by atoms with van der Waals surface area (Å²) >= 11 is 0. The fourth-order valence-electron chi connectivity index (χ4n) is 2.28. The second-order valence-electron chi connectivity index (χ2n) is 4.61. The number of nitrogens with zero attached hydrogens (tertiary/aromatic N) is 2. The molecule has 92 valence electrons. The molecule has 2 unspecified atom stereocenters. The van der Waals surface area contributed by atoms with Gasteiger partial charge in [-0.15, -0.1) is 0 Å². The molecule has 0 aliphatic heterocycles. The van der Waals surface area contributed by atoms with Crippen molar-refractivity contribution in [2.45, 2.75) is 46.6 Å². The minimum absolute atomic E-state index is 0.443. The van der Waals surface area contributed by atoms with Crippen molar-refractivity contribution in [2.75, 3.05) is 6.54 Å². The summed E-state index contributed by atoms with van der Waals surface area (Å²) < 4.78 is 1.96. The van der Waals surface area contributed by atoms with Gasteiger partial charge >= 0.3 is 0 Å². The van der Waals surface area contributed by atoms with Gasteiger partial charge in [-0.05, 0) is 25.8 Å². The molecule has 0 spiro atoms. The molecule has 1 aromatic heterocycles. The molecule has 0 bridgehead atoms. The van der Waals surface area contributed by atoms with Crippen LogP contribution in [0.5, 0.6) is 0 Å². The van der Waals surface area contributed by atoms with Crippen molar-refractivity contribution >= 4 is 0 Å². The summed E-state index contributed by atoms with van der Waals surface area (Å²) in [5.41, 5.74) is 2.62. The van der Waals surface area contributed by atoms with Gasteiger partial charge in [-0.25, -0.2) is 0 Å². The van der Waals surface area contributed by atoms with Crippen molar-refractivity contribution in [1.82, 2.24) is 15.1 Å². The zero-order valence-electron chi connectivity index (χ0n) is 11.2. The van der Waals surface area contributed by atoms with Crippen LogP contribution in [0.15, 0.2) is 6.20 Å². The number of aryl methyl sites for hydroxylation is 1. The number of hydrogen-bond acceptors (Lipinski definition) is 2. The van der Waals surface area contributed by atoms with Crippen molar-refractivity contribution in [3.05, 3.63) is 17.5 Å². The van der Waals surface area contributed by atoms with E-state index < -0.39 is 0 Å². The molecule has 2 atom stereocenters. The van der Waals surface area contributed by atoms with E-state index in [0.29, 0.717) is 12.0 Å². The van der Waals surface area contributed by atoms with Crippen molar-refractivity contribution in [3.63, 3.8) is 0 Å². The Kier molecular flexibility index (Phi) is 5.00. The van der Waals surface area contributed by atoms with Gasteiger partial charge in [-0.3, -0.25) is 4.68 Å². The lowest BCUT2D eigenvalue weighted by Gasteiger charge is -2.24. The summed E-state index contributed by atoms with van der Waals surface area (Å²) in [5, 5.41) is 7.92. The molecule has 3 heteroatoms. The Hall–Kier alpha value is -0.830. The molecule has 0 aromatic carbocycles. The monoisotopic (exact) mass is 223 g/mol. The van der Waals surface area contributed by atoms with E-state index in [1.165, 1.54) is 24.1 Å². The third-order valence-corrected chi connectivity index (χ3v) is 3.35. The van der Waals surface area contributed by atoms with Crippen molar-refractivity contribution in [1.29, 1.82) is 0 Å². The molecule has 3 nitrogen and oxygen atoms in total. The average molecular weight is 223 g/mol. The van der Waals surface area contributed by atoms with E-state index in [9.17, 15) is 0 Å². The van der Waals surface area contributed by atoms with Crippen LogP contribution in [0.1, 0.15) is 50.9 Å². The smallest absolute Gasteiger partial charge is 0.0540 e. The first-order valence-corrected chi connectivity index (χ1v) is 6.33. The van der Waals surface area contributed by atoms with Crippen LogP contribution < -0.4 is 5.32 Å². The zero-order valence-corrected chi connectivity index (χ0v) is 11.2. The molecule has 0 saturated heterocycles. The van der Waals surface area contributed by atoms with Crippen LogP contribution >= 0.6 is 0 Å². The van der Waals surface area contributed by atoms with E-state index in [-0.39, 0.29) is 0 Å². The fourth-order valence-corrected chi connectivity index (χ4v) is 2.28. The van der Waals surface area contributed by atoms with Crippen LogP contribution in [0.4, 0.5) is 0 Å². The predicted octanol–water partition coefficient (Wildman–Crippen LogP) is 2.82. The first-order chi connectivity index (χ1) is 7.61. The van der Waals surface area contributed by atoms with E-state index in [2.05, 4.69) is 38.1 Å². The first-order valence-electron chi connectivity index (χ1n) is 6.33. The maximum atomic E-state index is 4.34. The highest BCUT2D eigenvalue weighted by Crippen LogP contribution is 2.27. The summed E-state index contributed by atoms with van der Waals surface area (Å²) in [6.45, 7) is 9.88. The summed E-state index contributed by atoms with van der Waals surface area (Å²) in [5.74, 6) is 0.660. The molecular weight excluding hydrogens is 198 g/mol. The molecular formula is C13H25N3. The third-order valence-electron chi connectivity index (χ3n) is 3.35. The number of aromatic nitrogens is 2. The molecule has 1 rings (SSSR count). The summed E-state index contributed by atoms with van der Waals surface area (Å²) in [6.07, 6.45) is 4.50. The van der Waals surface area contributed by atoms with Crippen LogP contribution in [0.25, 0.3) is 0 Å². The lowest BCUT2D eigenvalue weighted by atomic mass is 9.91. The average Bonchev–Trinajstić information content (AvgIpc) is 2.57. The van der Waals surface area contributed by atoms with Gasteiger partial charge in [-0.2, -0.15) is 5.10 Å². The van der Waals surface area contributed by atoms with Crippen molar-refractivity contribution in [2.24, 2.45) is 13.0 Å².